The van der Waals surface area contributed by atoms with Crippen LogP contribution < -0.4 is 0 Å². The molecule has 0 spiro atoms. The van der Waals surface area contributed by atoms with E-state index in [2.05, 4.69) is 15.2 Å². The third-order valence-corrected chi connectivity index (χ3v) is 3.64. The third-order valence-electron chi connectivity index (χ3n) is 1.44. The SMILES string of the molecule is Clc1ccc(CSc2nccs2)nn1. The van der Waals surface area contributed by atoms with Crippen molar-refractivity contribution < 1.29 is 0 Å². The molecular weight excluding hydrogens is 238 g/mol. The first kappa shape index (κ1) is 9.89. The van der Waals surface area contributed by atoms with Gasteiger partial charge in [0.05, 0.1) is 5.69 Å². The molecule has 0 unspecified atom stereocenters. The maximum atomic E-state index is 5.62. The minimum Gasteiger partial charge on any atom is -0.238 e. The molecular formula is C8H6ClN3S2. The Morgan fingerprint density at radius 1 is 1.36 bits per heavy atom. The van der Waals surface area contributed by atoms with Gasteiger partial charge in [0, 0.05) is 17.3 Å². The highest BCUT2D eigenvalue weighted by Crippen LogP contribution is 2.23. The predicted molar refractivity (Wildman–Crippen MR) is 58.7 cm³/mol. The fourth-order valence-electron chi connectivity index (χ4n) is 0.838. The highest BCUT2D eigenvalue weighted by atomic mass is 35.5. The summed E-state index contributed by atoms with van der Waals surface area (Å²) in [6, 6.07) is 3.61. The standard InChI is InChI=1S/C8H6ClN3S2/c9-7-2-1-6(11-12-7)5-14-8-10-3-4-13-8/h1-4H,5H2. The molecule has 2 rings (SSSR count). The Kier molecular flexibility index (Phi) is 3.34. The summed E-state index contributed by atoms with van der Waals surface area (Å²) in [7, 11) is 0. The molecule has 6 heteroatoms. The normalized spacial score (nSPS) is 10.4. The topological polar surface area (TPSA) is 38.7 Å². The van der Waals surface area contributed by atoms with Crippen LogP contribution in [0.1, 0.15) is 5.69 Å². The van der Waals surface area contributed by atoms with Crippen molar-refractivity contribution in [3.05, 3.63) is 34.6 Å². The van der Waals surface area contributed by atoms with Crippen molar-refractivity contribution in [3.8, 4) is 0 Å². The van der Waals surface area contributed by atoms with E-state index in [1.807, 2.05) is 11.4 Å². The van der Waals surface area contributed by atoms with Crippen molar-refractivity contribution in [2.24, 2.45) is 0 Å². The minimum absolute atomic E-state index is 0.424. The molecule has 0 aromatic carbocycles. The van der Waals surface area contributed by atoms with E-state index in [1.165, 1.54) is 0 Å². The summed E-state index contributed by atoms with van der Waals surface area (Å²) in [6.07, 6.45) is 1.79. The van der Waals surface area contributed by atoms with E-state index in [9.17, 15) is 0 Å². The summed E-state index contributed by atoms with van der Waals surface area (Å²) >= 11 is 8.89. The molecule has 14 heavy (non-hydrogen) atoms. The molecule has 72 valence electrons. The molecule has 0 aliphatic heterocycles. The van der Waals surface area contributed by atoms with Crippen LogP contribution in [0.15, 0.2) is 28.0 Å². The fourth-order valence-corrected chi connectivity index (χ4v) is 2.47. The average Bonchev–Trinajstić information content (AvgIpc) is 2.70. The Bertz CT molecular complexity index is 387. The lowest BCUT2D eigenvalue weighted by Gasteiger charge is -1.96. The van der Waals surface area contributed by atoms with Crippen LogP contribution in [-0.2, 0) is 5.75 Å². The van der Waals surface area contributed by atoms with E-state index < -0.39 is 0 Å². The fraction of sp³-hybridized carbons (Fsp3) is 0.125. The molecule has 0 bridgehead atoms. The van der Waals surface area contributed by atoms with Gasteiger partial charge < -0.3 is 0 Å². The van der Waals surface area contributed by atoms with Gasteiger partial charge in [-0.05, 0) is 12.1 Å². The smallest absolute Gasteiger partial charge is 0.151 e. The highest BCUT2D eigenvalue weighted by Gasteiger charge is 1.99. The number of hydrogen-bond acceptors (Lipinski definition) is 5. The molecule has 3 nitrogen and oxygen atoms in total. The summed E-state index contributed by atoms with van der Waals surface area (Å²) < 4.78 is 1.04. The predicted octanol–water partition coefficient (Wildman–Crippen LogP) is 2.88. The van der Waals surface area contributed by atoms with E-state index >= 15 is 0 Å². The molecule has 0 aliphatic rings. The Balaban J connectivity index is 1.95. The van der Waals surface area contributed by atoms with Crippen LogP contribution >= 0.6 is 34.7 Å². The van der Waals surface area contributed by atoms with E-state index in [0.29, 0.717) is 5.15 Å². The van der Waals surface area contributed by atoms with Gasteiger partial charge in [-0.25, -0.2) is 4.98 Å². The number of halogens is 1. The maximum Gasteiger partial charge on any atom is 0.151 e. The van der Waals surface area contributed by atoms with Gasteiger partial charge >= 0.3 is 0 Å². The number of hydrogen-bond donors (Lipinski definition) is 0. The first-order valence-electron chi connectivity index (χ1n) is 3.85. The Labute approximate surface area is 94.5 Å². The van der Waals surface area contributed by atoms with Crippen LogP contribution in [0.2, 0.25) is 5.15 Å². The Morgan fingerprint density at radius 3 is 2.93 bits per heavy atom. The second kappa shape index (κ2) is 4.72. The number of rotatable bonds is 3. The summed E-state index contributed by atoms with van der Waals surface area (Å²) in [6.45, 7) is 0. The van der Waals surface area contributed by atoms with Crippen molar-refractivity contribution in [2.45, 2.75) is 10.1 Å². The zero-order valence-electron chi connectivity index (χ0n) is 7.05. The first-order valence-corrected chi connectivity index (χ1v) is 6.09. The quantitative estimate of drug-likeness (QED) is 0.777. The zero-order valence-corrected chi connectivity index (χ0v) is 9.44. The molecule has 0 aliphatic carbocycles. The lowest BCUT2D eigenvalue weighted by atomic mass is 10.4. The highest BCUT2D eigenvalue weighted by molar-refractivity contribution is 8.00. The molecule has 2 aromatic heterocycles. The second-order valence-corrected chi connectivity index (χ2v) is 4.94. The van der Waals surface area contributed by atoms with Crippen LogP contribution in [-0.4, -0.2) is 15.2 Å². The third kappa shape index (κ3) is 2.67. The van der Waals surface area contributed by atoms with Gasteiger partial charge in [-0.2, -0.15) is 5.10 Å². The number of aromatic nitrogens is 3. The largest absolute Gasteiger partial charge is 0.238 e. The van der Waals surface area contributed by atoms with E-state index in [4.69, 9.17) is 11.6 Å². The molecule has 0 amide bonds. The first-order chi connectivity index (χ1) is 6.84. The summed E-state index contributed by atoms with van der Waals surface area (Å²) in [4.78, 5) is 4.16. The Hall–Kier alpha value is -0.650. The lowest BCUT2D eigenvalue weighted by molar-refractivity contribution is 0.971. The van der Waals surface area contributed by atoms with Gasteiger partial charge in [0.1, 0.15) is 4.34 Å². The monoisotopic (exact) mass is 243 g/mol. The van der Waals surface area contributed by atoms with Crippen LogP contribution in [0, 0.1) is 0 Å². The molecule has 2 aromatic rings. The minimum atomic E-state index is 0.424. The molecule has 2 heterocycles. The van der Waals surface area contributed by atoms with Crippen molar-refractivity contribution >= 4 is 34.7 Å². The summed E-state index contributed by atoms with van der Waals surface area (Å²) in [5, 5.41) is 10.1. The summed E-state index contributed by atoms with van der Waals surface area (Å²) in [5.41, 5.74) is 0.912. The van der Waals surface area contributed by atoms with E-state index in [-0.39, 0.29) is 0 Å². The number of thioether (sulfide) groups is 1. The van der Waals surface area contributed by atoms with Gasteiger partial charge in [-0.1, -0.05) is 23.4 Å². The molecule has 0 radical (unpaired) electrons. The van der Waals surface area contributed by atoms with Gasteiger partial charge in [0.25, 0.3) is 0 Å². The zero-order chi connectivity index (χ0) is 9.80. The van der Waals surface area contributed by atoms with Crippen molar-refractivity contribution in [1.82, 2.24) is 15.2 Å². The lowest BCUT2D eigenvalue weighted by Crippen LogP contribution is -1.89. The van der Waals surface area contributed by atoms with Crippen molar-refractivity contribution in [1.29, 1.82) is 0 Å². The Morgan fingerprint density at radius 2 is 2.29 bits per heavy atom. The molecule has 0 saturated carbocycles. The van der Waals surface area contributed by atoms with E-state index in [0.717, 1.165) is 15.8 Å². The number of thiazole rings is 1. The van der Waals surface area contributed by atoms with Crippen molar-refractivity contribution in [2.75, 3.05) is 0 Å². The van der Waals surface area contributed by atoms with Crippen molar-refractivity contribution in [3.63, 3.8) is 0 Å². The van der Waals surface area contributed by atoms with Crippen LogP contribution in [0.4, 0.5) is 0 Å². The van der Waals surface area contributed by atoms with Gasteiger partial charge in [0.2, 0.25) is 0 Å². The molecule has 0 atom stereocenters. The van der Waals surface area contributed by atoms with Gasteiger partial charge in [-0.3, -0.25) is 0 Å². The molecule has 0 fully saturated rings. The molecule has 0 saturated heterocycles. The van der Waals surface area contributed by atoms with Crippen LogP contribution in [0.25, 0.3) is 0 Å². The maximum absolute atomic E-state index is 5.62. The van der Waals surface area contributed by atoms with Crippen LogP contribution in [0.5, 0.6) is 0 Å². The number of nitrogens with zero attached hydrogens (tertiary/aromatic N) is 3. The van der Waals surface area contributed by atoms with Gasteiger partial charge in [-0.15, -0.1) is 16.4 Å². The average molecular weight is 244 g/mol. The second-order valence-electron chi connectivity index (χ2n) is 2.43. The summed E-state index contributed by atoms with van der Waals surface area (Å²) in [5.74, 6) is 0.775. The van der Waals surface area contributed by atoms with Gasteiger partial charge in [0.15, 0.2) is 5.15 Å². The van der Waals surface area contributed by atoms with E-state index in [1.54, 1.807) is 35.4 Å². The molecule has 0 N–H and O–H groups in total. The van der Waals surface area contributed by atoms with Crippen LogP contribution in [0.3, 0.4) is 0 Å².